The van der Waals surface area contributed by atoms with Crippen LogP contribution >= 0.6 is 11.3 Å². The molecule has 0 saturated heterocycles. The molecule has 0 spiro atoms. The molecule has 0 unspecified atom stereocenters. The van der Waals surface area contributed by atoms with E-state index in [0.717, 1.165) is 15.7 Å². The molecule has 130 valence electrons. The number of hydrogen-bond acceptors (Lipinski definition) is 6. The molecule has 4 aromatic rings. The van der Waals surface area contributed by atoms with Gasteiger partial charge in [0.25, 0.3) is 5.91 Å². The van der Waals surface area contributed by atoms with Gasteiger partial charge >= 0.3 is 0 Å². The van der Waals surface area contributed by atoms with E-state index in [1.54, 1.807) is 13.0 Å². The Morgan fingerprint density at radius 1 is 1.23 bits per heavy atom. The predicted molar refractivity (Wildman–Crippen MR) is 102 cm³/mol. The fourth-order valence-corrected chi connectivity index (χ4v) is 3.53. The molecular weight excluding hydrogens is 350 g/mol. The fraction of sp³-hybridized carbons (Fsp3) is 0.111. The number of amides is 1. The minimum atomic E-state index is -0.591. The van der Waals surface area contributed by atoms with E-state index in [4.69, 9.17) is 0 Å². The molecule has 2 aromatic heterocycles. The average molecular weight is 365 g/mol. The molecule has 3 N–H and O–H groups in total. The molecule has 0 aliphatic heterocycles. The molecule has 0 radical (unpaired) electrons. The summed E-state index contributed by atoms with van der Waals surface area (Å²) in [7, 11) is 0. The number of nitrogens with zero attached hydrogens (tertiary/aromatic N) is 3. The van der Waals surface area contributed by atoms with Crippen LogP contribution in [0.3, 0.4) is 0 Å². The number of thiazole rings is 1. The summed E-state index contributed by atoms with van der Waals surface area (Å²) in [5, 5.41) is 22.0. The lowest BCUT2D eigenvalue weighted by Crippen LogP contribution is -2.23. The third-order valence-electron chi connectivity index (χ3n) is 3.91. The van der Waals surface area contributed by atoms with E-state index in [1.807, 2.05) is 42.5 Å². The second-order valence-electron chi connectivity index (χ2n) is 5.76. The molecule has 4 rings (SSSR count). The second-order valence-corrected chi connectivity index (χ2v) is 6.79. The number of nitrogens with one attached hydrogen (secondary N) is 2. The van der Waals surface area contributed by atoms with Crippen LogP contribution in [0.25, 0.3) is 21.1 Å². The highest BCUT2D eigenvalue weighted by atomic mass is 32.1. The van der Waals surface area contributed by atoms with Gasteiger partial charge in [-0.2, -0.15) is 0 Å². The van der Waals surface area contributed by atoms with E-state index in [1.165, 1.54) is 11.3 Å². The Kier molecular flexibility index (Phi) is 4.10. The zero-order valence-corrected chi connectivity index (χ0v) is 14.6. The van der Waals surface area contributed by atoms with Gasteiger partial charge in [-0.15, -0.1) is 10.2 Å². The summed E-state index contributed by atoms with van der Waals surface area (Å²) in [5.74, 6) is -0.566. The molecule has 1 atom stereocenters. The maximum atomic E-state index is 12.3. The average Bonchev–Trinajstić information content (AvgIpc) is 3.18. The maximum absolute atomic E-state index is 12.3. The van der Waals surface area contributed by atoms with E-state index < -0.39 is 11.9 Å². The Bertz CT molecular complexity index is 1100. The SMILES string of the molecule is C[C@H](Nc1nc2ccccc2s1)C(=O)N=Nc1c(O)[nH]c2ccccc12. The van der Waals surface area contributed by atoms with Crippen LogP contribution in [0.2, 0.25) is 0 Å². The largest absolute Gasteiger partial charge is 0.493 e. The van der Waals surface area contributed by atoms with E-state index in [9.17, 15) is 9.90 Å². The minimum absolute atomic E-state index is 0.116. The third kappa shape index (κ3) is 3.02. The van der Waals surface area contributed by atoms with Gasteiger partial charge in [0.05, 0.1) is 15.7 Å². The summed E-state index contributed by atoms with van der Waals surface area (Å²) in [4.78, 5) is 19.5. The summed E-state index contributed by atoms with van der Waals surface area (Å²) in [5.41, 5.74) is 1.86. The molecular formula is C18H15N5O2S. The summed E-state index contributed by atoms with van der Waals surface area (Å²) in [6.45, 7) is 1.70. The predicted octanol–water partition coefficient (Wildman–Crippen LogP) is 4.59. The van der Waals surface area contributed by atoms with E-state index in [-0.39, 0.29) is 11.6 Å². The number of anilines is 1. The molecule has 0 aliphatic carbocycles. The van der Waals surface area contributed by atoms with Crippen LogP contribution < -0.4 is 5.32 Å². The number of para-hydroxylation sites is 2. The Balaban J connectivity index is 1.51. The minimum Gasteiger partial charge on any atom is -0.493 e. The van der Waals surface area contributed by atoms with Crippen molar-refractivity contribution in [3.63, 3.8) is 0 Å². The Morgan fingerprint density at radius 2 is 2.00 bits per heavy atom. The van der Waals surface area contributed by atoms with Gasteiger partial charge in [0.2, 0.25) is 5.88 Å². The van der Waals surface area contributed by atoms with Gasteiger partial charge in [-0.25, -0.2) is 4.98 Å². The Morgan fingerprint density at radius 3 is 2.85 bits per heavy atom. The van der Waals surface area contributed by atoms with Crippen molar-refractivity contribution in [2.45, 2.75) is 13.0 Å². The Hall–Kier alpha value is -3.26. The maximum Gasteiger partial charge on any atom is 0.286 e. The standard InChI is InChI=1S/C18H15N5O2S/c1-10(19-18-21-13-8-4-5-9-14(13)26-18)16(24)23-22-15-11-6-2-3-7-12(11)20-17(15)25/h2-10,20,25H,1H3,(H,19,21)/t10-/m0/s1. The number of hydrogen-bond donors (Lipinski definition) is 3. The van der Waals surface area contributed by atoms with Crippen molar-refractivity contribution in [3.05, 3.63) is 48.5 Å². The monoisotopic (exact) mass is 365 g/mol. The van der Waals surface area contributed by atoms with Gasteiger partial charge in [-0.3, -0.25) is 4.79 Å². The van der Waals surface area contributed by atoms with Crippen molar-refractivity contribution < 1.29 is 9.90 Å². The number of azo groups is 1. The van der Waals surface area contributed by atoms with E-state index in [0.29, 0.717) is 10.5 Å². The molecule has 1 amide bonds. The molecule has 2 heterocycles. The van der Waals surface area contributed by atoms with Crippen LogP contribution in [0.5, 0.6) is 5.88 Å². The molecule has 0 aliphatic rings. The van der Waals surface area contributed by atoms with Gasteiger partial charge in [0, 0.05) is 5.39 Å². The zero-order valence-electron chi connectivity index (χ0n) is 13.8. The van der Waals surface area contributed by atoms with Gasteiger partial charge in [0.15, 0.2) is 10.8 Å². The number of aromatic amines is 1. The summed E-state index contributed by atoms with van der Waals surface area (Å²) < 4.78 is 1.04. The number of aromatic nitrogens is 2. The van der Waals surface area contributed by atoms with Gasteiger partial charge in [-0.05, 0) is 25.1 Å². The van der Waals surface area contributed by atoms with Crippen LogP contribution in [0, 0.1) is 0 Å². The second kappa shape index (κ2) is 6.57. The van der Waals surface area contributed by atoms with Gasteiger partial charge in [0.1, 0.15) is 6.04 Å². The number of fused-ring (bicyclic) bond motifs is 2. The lowest BCUT2D eigenvalue weighted by molar-refractivity contribution is -0.118. The lowest BCUT2D eigenvalue weighted by Gasteiger charge is -2.07. The summed E-state index contributed by atoms with van der Waals surface area (Å²) >= 11 is 1.47. The molecule has 7 nitrogen and oxygen atoms in total. The first-order chi connectivity index (χ1) is 12.6. The fourth-order valence-electron chi connectivity index (χ4n) is 2.58. The first-order valence-corrected chi connectivity index (χ1v) is 8.81. The number of benzene rings is 2. The lowest BCUT2D eigenvalue weighted by atomic mass is 10.2. The highest BCUT2D eigenvalue weighted by Crippen LogP contribution is 2.35. The van der Waals surface area contributed by atoms with Crippen molar-refractivity contribution in [2.24, 2.45) is 10.2 Å². The molecule has 0 saturated carbocycles. The summed E-state index contributed by atoms with van der Waals surface area (Å²) in [6, 6.07) is 14.4. The molecule has 0 fully saturated rings. The van der Waals surface area contributed by atoms with Crippen LogP contribution in [0.15, 0.2) is 58.8 Å². The Labute approximate surface area is 152 Å². The topological polar surface area (TPSA) is 103 Å². The van der Waals surface area contributed by atoms with Crippen LogP contribution in [-0.4, -0.2) is 27.0 Å². The van der Waals surface area contributed by atoms with Crippen LogP contribution in [0.1, 0.15) is 6.92 Å². The number of aromatic hydroxyl groups is 1. The first kappa shape index (κ1) is 16.2. The van der Waals surface area contributed by atoms with Crippen molar-refractivity contribution >= 4 is 49.2 Å². The smallest absolute Gasteiger partial charge is 0.286 e. The van der Waals surface area contributed by atoms with Crippen LogP contribution in [0.4, 0.5) is 10.8 Å². The van der Waals surface area contributed by atoms with Crippen molar-refractivity contribution in [3.8, 4) is 5.88 Å². The highest BCUT2D eigenvalue weighted by molar-refractivity contribution is 7.22. The van der Waals surface area contributed by atoms with Crippen molar-refractivity contribution in [1.29, 1.82) is 0 Å². The number of carbonyl (C=O) groups excluding carboxylic acids is 1. The highest BCUT2D eigenvalue weighted by Gasteiger charge is 2.16. The normalized spacial score (nSPS) is 12.8. The van der Waals surface area contributed by atoms with Gasteiger partial charge < -0.3 is 15.4 Å². The first-order valence-electron chi connectivity index (χ1n) is 7.99. The zero-order chi connectivity index (χ0) is 18.1. The van der Waals surface area contributed by atoms with Crippen molar-refractivity contribution in [1.82, 2.24) is 9.97 Å². The van der Waals surface area contributed by atoms with Crippen LogP contribution in [-0.2, 0) is 4.79 Å². The van der Waals surface area contributed by atoms with Gasteiger partial charge in [-0.1, -0.05) is 41.7 Å². The van der Waals surface area contributed by atoms with E-state index >= 15 is 0 Å². The van der Waals surface area contributed by atoms with Crippen molar-refractivity contribution in [2.75, 3.05) is 5.32 Å². The molecule has 26 heavy (non-hydrogen) atoms. The van der Waals surface area contributed by atoms with E-state index in [2.05, 4.69) is 25.5 Å². The molecule has 0 bridgehead atoms. The quantitative estimate of drug-likeness (QED) is 0.460. The summed E-state index contributed by atoms with van der Waals surface area (Å²) in [6.07, 6.45) is 0. The third-order valence-corrected chi connectivity index (χ3v) is 4.88. The molecule has 8 heteroatoms. The number of H-pyrrole nitrogens is 1. The number of carbonyl (C=O) groups is 1. The number of rotatable bonds is 4. The molecule has 2 aromatic carbocycles.